The van der Waals surface area contributed by atoms with E-state index in [1.807, 2.05) is 37.5 Å². The van der Waals surface area contributed by atoms with Crippen molar-refractivity contribution in [1.82, 2.24) is 19.4 Å². The van der Waals surface area contributed by atoms with Gasteiger partial charge in [0.05, 0.1) is 72.3 Å². The molecular weight excluding hydrogens is 548 g/mol. The lowest BCUT2D eigenvalue weighted by atomic mass is 10.1. The van der Waals surface area contributed by atoms with E-state index >= 15 is 0 Å². The quantitative estimate of drug-likeness (QED) is 0.330. The van der Waals surface area contributed by atoms with Gasteiger partial charge in [-0.15, -0.1) is 11.3 Å². The fourth-order valence-electron chi connectivity index (χ4n) is 6.31. The molecule has 1 aliphatic carbocycles. The maximum absolute atomic E-state index is 12.9. The number of ether oxygens (including phenoxy) is 2. The van der Waals surface area contributed by atoms with Gasteiger partial charge in [0.2, 0.25) is 11.8 Å². The number of hydrogen-bond donors (Lipinski definition) is 1. The van der Waals surface area contributed by atoms with Crippen molar-refractivity contribution in [2.45, 2.75) is 46.9 Å². The SMILES string of the molecule is CCOC(=O)c1cc(-c2ccnc3cc(CN4C(=O)C5C(C4=O)C5(C)C)sc23)n(C[C@@H]2CN(C(=O)O)CCO2)c1C. The molecule has 11 nitrogen and oxygen atoms in total. The maximum Gasteiger partial charge on any atom is 0.407 e. The Labute approximate surface area is 240 Å². The van der Waals surface area contributed by atoms with E-state index in [2.05, 4.69) is 4.98 Å². The Kier molecular flexibility index (Phi) is 6.65. The number of aromatic nitrogens is 2. The van der Waals surface area contributed by atoms with Gasteiger partial charge >= 0.3 is 12.1 Å². The van der Waals surface area contributed by atoms with Gasteiger partial charge < -0.3 is 24.0 Å². The Morgan fingerprint density at radius 1 is 1.22 bits per heavy atom. The highest BCUT2D eigenvalue weighted by atomic mass is 32.1. The van der Waals surface area contributed by atoms with E-state index in [-0.39, 0.29) is 55.4 Å². The van der Waals surface area contributed by atoms with Gasteiger partial charge in [0, 0.05) is 28.9 Å². The summed E-state index contributed by atoms with van der Waals surface area (Å²) in [6, 6.07) is 5.57. The van der Waals surface area contributed by atoms with Crippen molar-refractivity contribution >= 4 is 45.4 Å². The maximum atomic E-state index is 12.9. The first kappa shape index (κ1) is 27.4. The molecule has 41 heavy (non-hydrogen) atoms. The molecule has 12 heteroatoms. The van der Waals surface area contributed by atoms with E-state index in [9.17, 15) is 24.3 Å². The molecule has 3 amide bonds. The van der Waals surface area contributed by atoms with Crippen molar-refractivity contribution in [2.24, 2.45) is 17.3 Å². The number of rotatable bonds is 7. The predicted molar refractivity (Wildman–Crippen MR) is 149 cm³/mol. The highest BCUT2D eigenvalue weighted by Gasteiger charge is 2.72. The lowest BCUT2D eigenvalue weighted by Crippen LogP contribution is -2.46. The molecule has 1 N–H and O–H groups in total. The second kappa shape index (κ2) is 9.95. The van der Waals surface area contributed by atoms with Gasteiger partial charge in [0.15, 0.2) is 0 Å². The van der Waals surface area contributed by atoms with Gasteiger partial charge in [-0.1, -0.05) is 13.8 Å². The molecule has 3 aromatic rings. The molecule has 1 saturated carbocycles. The standard InChI is InChI=1S/C29H32N4O7S/c1-5-39-27(36)19-11-21(32(15(19)2)13-16-12-31(28(37)38)8-9-40-16)18-6-7-30-20-10-17(41-24(18)20)14-33-25(34)22-23(26(33)35)29(22,3)4/h6-7,10-11,16,22-23H,5,8-9,12-14H2,1-4H3,(H,37,38)/t16-,22?,23?/m0/s1. The van der Waals surface area contributed by atoms with Gasteiger partial charge in [-0.05, 0) is 37.5 Å². The summed E-state index contributed by atoms with van der Waals surface area (Å²) in [6.45, 7) is 9.10. The molecule has 3 fully saturated rings. The van der Waals surface area contributed by atoms with Gasteiger partial charge in [0.25, 0.3) is 0 Å². The Morgan fingerprint density at radius 3 is 2.63 bits per heavy atom. The van der Waals surface area contributed by atoms with Crippen LogP contribution in [0, 0.1) is 24.2 Å². The van der Waals surface area contributed by atoms with Gasteiger partial charge in [-0.25, -0.2) is 9.59 Å². The predicted octanol–water partition coefficient (Wildman–Crippen LogP) is 3.77. The number of hydrogen-bond acceptors (Lipinski definition) is 8. The molecule has 5 heterocycles. The fourth-order valence-corrected chi connectivity index (χ4v) is 7.43. The van der Waals surface area contributed by atoms with Gasteiger partial charge in [-0.3, -0.25) is 19.5 Å². The smallest absolute Gasteiger partial charge is 0.407 e. The van der Waals surface area contributed by atoms with E-state index < -0.39 is 18.2 Å². The summed E-state index contributed by atoms with van der Waals surface area (Å²) in [7, 11) is 0. The van der Waals surface area contributed by atoms with Crippen molar-refractivity contribution in [1.29, 1.82) is 0 Å². The molecule has 2 unspecified atom stereocenters. The van der Waals surface area contributed by atoms with E-state index in [0.717, 1.165) is 26.4 Å². The Balaban J connectivity index is 1.36. The van der Waals surface area contributed by atoms with E-state index in [4.69, 9.17) is 9.47 Å². The molecule has 0 aromatic carbocycles. The van der Waals surface area contributed by atoms with Crippen molar-refractivity contribution in [3.63, 3.8) is 0 Å². The number of amides is 3. The summed E-state index contributed by atoms with van der Waals surface area (Å²) < 4.78 is 14.1. The van der Waals surface area contributed by atoms with Crippen LogP contribution in [0.2, 0.25) is 0 Å². The minimum absolute atomic E-state index is 0.109. The summed E-state index contributed by atoms with van der Waals surface area (Å²) in [5, 5.41) is 9.49. The number of thiophene rings is 1. The number of piperidine rings is 1. The van der Waals surface area contributed by atoms with E-state index in [1.54, 1.807) is 19.2 Å². The minimum atomic E-state index is -0.993. The summed E-state index contributed by atoms with van der Waals surface area (Å²) in [4.78, 5) is 58.4. The number of nitrogens with zero attached hydrogens (tertiary/aromatic N) is 4. The first-order chi connectivity index (χ1) is 19.5. The van der Waals surface area contributed by atoms with E-state index in [0.29, 0.717) is 24.3 Å². The number of likely N-dealkylation sites (tertiary alicyclic amines) is 1. The number of carboxylic acid groups (broad SMARTS) is 1. The van der Waals surface area contributed by atoms with Crippen LogP contribution in [0.15, 0.2) is 24.4 Å². The first-order valence-corrected chi connectivity index (χ1v) is 14.5. The fraction of sp³-hybridized carbons (Fsp3) is 0.483. The van der Waals surface area contributed by atoms with Gasteiger partial charge in [0.1, 0.15) is 0 Å². The van der Waals surface area contributed by atoms with Crippen molar-refractivity contribution in [2.75, 3.05) is 26.3 Å². The summed E-state index contributed by atoms with van der Waals surface area (Å²) >= 11 is 1.46. The lowest BCUT2D eigenvalue weighted by molar-refractivity contribution is -0.143. The average Bonchev–Trinajstić information content (AvgIpc) is 3.22. The number of fused-ring (bicyclic) bond motifs is 2. The number of esters is 1. The Hall–Kier alpha value is -3.77. The monoisotopic (exact) mass is 580 g/mol. The second-order valence-electron chi connectivity index (χ2n) is 11.4. The Bertz CT molecular complexity index is 1570. The molecule has 3 aliphatic rings. The highest BCUT2D eigenvalue weighted by Crippen LogP contribution is 2.63. The number of carbonyl (C=O) groups is 4. The van der Waals surface area contributed by atoms with Crippen LogP contribution < -0.4 is 0 Å². The highest BCUT2D eigenvalue weighted by molar-refractivity contribution is 7.19. The summed E-state index contributed by atoms with van der Waals surface area (Å²) in [5.74, 6) is -1.12. The van der Waals surface area contributed by atoms with Crippen LogP contribution in [-0.2, 0) is 32.2 Å². The van der Waals surface area contributed by atoms with Crippen LogP contribution in [0.1, 0.15) is 41.7 Å². The third-order valence-corrected chi connectivity index (χ3v) is 9.74. The zero-order chi connectivity index (χ0) is 29.2. The number of pyridine rings is 1. The van der Waals surface area contributed by atoms with Crippen molar-refractivity contribution in [3.8, 4) is 11.3 Å². The number of imide groups is 1. The van der Waals surface area contributed by atoms with Crippen molar-refractivity contribution < 1.29 is 33.8 Å². The third-order valence-electron chi connectivity index (χ3n) is 8.60. The third kappa shape index (κ3) is 4.49. The van der Waals surface area contributed by atoms with Gasteiger partial charge in [-0.2, -0.15) is 0 Å². The summed E-state index contributed by atoms with van der Waals surface area (Å²) in [6.07, 6.45) is 0.296. The second-order valence-corrected chi connectivity index (χ2v) is 12.5. The molecule has 0 bridgehead atoms. The zero-order valence-corrected chi connectivity index (χ0v) is 24.2. The number of morpholine rings is 1. The topological polar surface area (TPSA) is 131 Å². The average molecular weight is 581 g/mol. The van der Waals surface area contributed by atoms with Crippen LogP contribution in [0.5, 0.6) is 0 Å². The molecule has 2 saturated heterocycles. The lowest BCUT2D eigenvalue weighted by Gasteiger charge is -2.32. The normalized spacial score (nSPS) is 23.3. The molecule has 0 radical (unpaired) electrons. The Morgan fingerprint density at radius 2 is 1.95 bits per heavy atom. The van der Waals surface area contributed by atoms with Crippen LogP contribution in [0.3, 0.4) is 0 Å². The zero-order valence-electron chi connectivity index (χ0n) is 23.4. The molecule has 3 aromatic heterocycles. The first-order valence-electron chi connectivity index (χ1n) is 13.7. The molecule has 2 aliphatic heterocycles. The molecular formula is C29H32N4O7S. The minimum Gasteiger partial charge on any atom is -0.465 e. The summed E-state index contributed by atoms with van der Waals surface area (Å²) in [5.41, 5.74) is 3.15. The van der Waals surface area contributed by atoms with Crippen molar-refractivity contribution in [3.05, 3.63) is 40.5 Å². The molecule has 3 atom stereocenters. The molecule has 0 spiro atoms. The largest absolute Gasteiger partial charge is 0.465 e. The van der Waals surface area contributed by atoms with Crippen LogP contribution >= 0.6 is 11.3 Å². The molecule has 6 rings (SSSR count). The van der Waals surface area contributed by atoms with Crippen LogP contribution in [-0.4, -0.2) is 80.7 Å². The van der Waals surface area contributed by atoms with Crippen LogP contribution in [0.4, 0.5) is 4.79 Å². The van der Waals surface area contributed by atoms with Crippen LogP contribution in [0.25, 0.3) is 21.5 Å². The number of carbonyl (C=O) groups excluding carboxylic acids is 3. The van der Waals surface area contributed by atoms with E-state index in [1.165, 1.54) is 21.1 Å². The molecule has 216 valence electrons.